The average molecular weight is 262 g/mol. The van der Waals surface area contributed by atoms with Crippen molar-refractivity contribution in [3.63, 3.8) is 0 Å². The fourth-order valence-electron chi connectivity index (χ4n) is 1.40. The predicted molar refractivity (Wildman–Crippen MR) is 59.7 cm³/mol. The van der Waals surface area contributed by atoms with Gasteiger partial charge in [-0.25, -0.2) is 9.78 Å². The lowest BCUT2D eigenvalue weighted by molar-refractivity contribution is -0.120. The van der Waals surface area contributed by atoms with Crippen LogP contribution in [0.5, 0.6) is 0 Å². The minimum Gasteiger partial charge on any atom is -0.478 e. The number of carbonyl (C=O) groups is 1. The zero-order chi connectivity index (χ0) is 13.9. The van der Waals surface area contributed by atoms with Crippen LogP contribution < -0.4 is 4.90 Å². The number of pyridine rings is 1. The average Bonchev–Trinajstić information content (AvgIpc) is 2.24. The van der Waals surface area contributed by atoms with Crippen LogP contribution in [-0.4, -0.2) is 34.8 Å². The lowest BCUT2D eigenvalue weighted by Gasteiger charge is -2.28. The van der Waals surface area contributed by atoms with Gasteiger partial charge >= 0.3 is 12.1 Å². The molecule has 0 amide bonds. The lowest BCUT2D eigenvalue weighted by Crippen LogP contribution is -2.39. The Kier molecular flexibility index (Phi) is 4.15. The van der Waals surface area contributed by atoms with Crippen molar-refractivity contribution in [1.82, 2.24) is 4.98 Å². The molecule has 1 aromatic rings. The molecule has 0 aliphatic heterocycles. The van der Waals surface area contributed by atoms with E-state index < -0.39 is 24.7 Å². The monoisotopic (exact) mass is 262 g/mol. The van der Waals surface area contributed by atoms with Gasteiger partial charge in [0.2, 0.25) is 0 Å². The Hall–Kier alpha value is -1.79. The van der Waals surface area contributed by atoms with Crippen LogP contribution in [-0.2, 0) is 0 Å². The standard InChI is InChI=1S/C11H13F3N2O2/c1-7(2)16(6-11(12,13)14)9-4-3-8(5-15-9)10(17)18/h3-5,7H,6H2,1-2H3,(H,17,18). The first-order valence-corrected chi connectivity index (χ1v) is 5.23. The van der Waals surface area contributed by atoms with Crippen LogP contribution in [0.4, 0.5) is 19.0 Å². The van der Waals surface area contributed by atoms with Gasteiger partial charge in [0.1, 0.15) is 12.4 Å². The molecule has 0 fully saturated rings. The zero-order valence-corrected chi connectivity index (χ0v) is 9.90. The third-order valence-electron chi connectivity index (χ3n) is 2.26. The molecule has 1 rings (SSSR count). The van der Waals surface area contributed by atoms with Crippen LogP contribution >= 0.6 is 0 Å². The highest BCUT2D eigenvalue weighted by molar-refractivity contribution is 5.87. The maximum Gasteiger partial charge on any atom is 0.405 e. The van der Waals surface area contributed by atoms with E-state index in [1.54, 1.807) is 13.8 Å². The Morgan fingerprint density at radius 3 is 2.39 bits per heavy atom. The van der Waals surface area contributed by atoms with E-state index in [0.29, 0.717) is 0 Å². The van der Waals surface area contributed by atoms with E-state index in [1.807, 2.05) is 0 Å². The minimum absolute atomic E-state index is 0.0607. The van der Waals surface area contributed by atoms with Gasteiger partial charge in [0, 0.05) is 12.2 Å². The largest absolute Gasteiger partial charge is 0.478 e. The molecule has 1 N–H and O–H groups in total. The molecule has 0 saturated carbocycles. The number of hydrogen-bond donors (Lipinski definition) is 1. The first-order chi connectivity index (χ1) is 8.20. The van der Waals surface area contributed by atoms with Crippen molar-refractivity contribution in [2.24, 2.45) is 0 Å². The Bertz CT molecular complexity index is 415. The third-order valence-corrected chi connectivity index (χ3v) is 2.26. The van der Waals surface area contributed by atoms with E-state index in [1.165, 1.54) is 12.1 Å². The van der Waals surface area contributed by atoms with E-state index in [2.05, 4.69) is 4.98 Å². The van der Waals surface area contributed by atoms with Crippen molar-refractivity contribution in [3.05, 3.63) is 23.9 Å². The van der Waals surface area contributed by atoms with Crippen molar-refractivity contribution in [1.29, 1.82) is 0 Å². The van der Waals surface area contributed by atoms with Crippen molar-refractivity contribution < 1.29 is 23.1 Å². The number of carboxylic acid groups (broad SMARTS) is 1. The van der Waals surface area contributed by atoms with Gasteiger partial charge in [-0.05, 0) is 26.0 Å². The van der Waals surface area contributed by atoms with E-state index in [4.69, 9.17) is 5.11 Å². The van der Waals surface area contributed by atoms with Crippen molar-refractivity contribution in [2.75, 3.05) is 11.4 Å². The first kappa shape index (κ1) is 14.3. The number of carboxylic acids is 1. The second-order valence-electron chi connectivity index (χ2n) is 4.05. The van der Waals surface area contributed by atoms with Crippen LogP contribution in [0, 0.1) is 0 Å². The molecule has 0 aliphatic rings. The molecular weight excluding hydrogens is 249 g/mol. The summed E-state index contributed by atoms with van der Waals surface area (Å²) < 4.78 is 37.2. The highest BCUT2D eigenvalue weighted by Crippen LogP contribution is 2.22. The highest BCUT2D eigenvalue weighted by Gasteiger charge is 2.32. The summed E-state index contributed by atoms with van der Waals surface area (Å²) in [6.07, 6.45) is -3.29. The van der Waals surface area contributed by atoms with Gasteiger partial charge in [0.15, 0.2) is 0 Å². The molecule has 18 heavy (non-hydrogen) atoms. The van der Waals surface area contributed by atoms with Crippen LogP contribution in [0.25, 0.3) is 0 Å². The number of anilines is 1. The molecule has 0 atom stereocenters. The van der Waals surface area contributed by atoms with Crippen molar-refractivity contribution in [3.8, 4) is 0 Å². The smallest absolute Gasteiger partial charge is 0.405 e. The van der Waals surface area contributed by atoms with E-state index in [0.717, 1.165) is 11.1 Å². The summed E-state index contributed by atoms with van der Waals surface area (Å²) in [5.41, 5.74) is -0.0607. The number of hydrogen-bond acceptors (Lipinski definition) is 3. The number of rotatable bonds is 4. The molecule has 0 bridgehead atoms. The van der Waals surface area contributed by atoms with Crippen molar-refractivity contribution in [2.45, 2.75) is 26.1 Å². The molecule has 0 radical (unpaired) electrons. The molecule has 1 aromatic heterocycles. The van der Waals surface area contributed by atoms with Crippen LogP contribution in [0.2, 0.25) is 0 Å². The number of nitrogens with zero attached hydrogens (tertiary/aromatic N) is 2. The van der Waals surface area contributed by atoms with Gasteiger partial charge in [0.25, 0.3) is 0 Å². The number of halogens is 3. The predicted octanol–water partition coefficient (Wildman–Crippen LogP) is 2.56. The number of aromatic carboxylic acids is 1. The molecule has 4 nitrogen and oxygen atoms in total. The fraction of sp³-hybridized carbons (Fsp3) is 0.455. The van der Waals surface area contributed by atoms with Gasteiger partial charge in [0.05, 0.1) is 5.56 Å². The first-order valence-electron chi connectivity index (χ1n) is 5.23. The summed E-state index contributed by atoms with van der Waals surface area (Å²) in [6.45, 7) is 2.10. The normalized spacial score (nSPS) is 11.7. The minimum atomic E-state index is -4.34. The Morgan fingerprint density at radius 2 is 2.06 bits per heavy atom. The van der Waals surface area contributed by atoms with Gasteiger partial charge in [-0.15, -0.1) is 0 Å². The summed E-state index contributed by atoms with van der Waals surface area (Å²) in [6, 6.07) is 2.11. The molecule has 0 saturated heterocycles. The molecule has 0 unspecified atom stereocenters. The van der Waals surface area contributed by atoms with E-state index in [9.17, 15) is 18.0 Å². The number of aromatic nitrogens is 1. The molecule has 100 valence electrons. The Labute approximate surface area is 102 Å². The van der Waals surface area contributed by atoms with Gasteiger partial charge in [-0.1, -0.05) is 0 Å². The number of alkyl halides is 3. The lowest BCUT2D eigenvalue weighted by atomic mass is 10.2. The van der Waals surface area contributed by atoms with Gasteiger partial charge < -0.3 is 10.0 Å². The molecule has 1 heterocycles. The summed E-state index contributed by atoms with van der Waals surface area (Å²) in [5, 5.41) is 8.68. The molecular formula is C11H13F3N2O2. The quantitative estimate of drug-likeness (QED) is 0.906. The third kappa shape index (κ3) is 3.90. The molecule has 7 heteroatoms. The van der Waals surface area contributed by atoms with Crippen LogP contribution in [0.1, 0.15) is 24.2 Å². The van der Waals surface area contributed by atoms with Crippen molar-refractivity contribution >= 4 is 11.8 Å². The molecule has 0 spiro atoms. The van der Waals surface area contributed by atoms with Gasteiger partial charge in [-0.3, -0.25) is 0 Å². The SMILES string of the molecule is CC(C)N(CC(F)(F)F)c1ccc(C(=O)O)cn1. The van der Waals surface area contributed by atoms with Gasteiger partial charge in [-0.2, -0.15) is 13.2 Å². The Balaban J connectivity index is 2.96. The maximum absolute atomic E-state index is 12.4. The maximum atomic E-state index is 12.4. The second kappa shape index (κ2) is 5.24. The van der Waals surface area contributed by atoms with E-state index in [-0.39, 0.29) is 11.4 Å². The topological polar surface area (TPSA) is 53.4 Å². The van der Waals surface area contributed by atoms with Crippen LogP contribution in [0.15, 0.2) is 18.3 Å². The fourth-order valence-corrected chi connectivity index (χ4v) is 1.40. The summed E-state index contributed by atoms with van der Waals surface area (Å²) in [7, 11) is 0. The molecule has 0 aliphatic carbocycles. The zero-order valence-electron chi connectivity index (χ0n) is 9.90. The Morgan fingerprint density at radius 1 is 1.44 bits per heavy atom. The summed E-state index contributed by atoms with van der Waals surface area (Å²) in [5.74, 6) is -1.06. The summed E-state index contributed by atoms with van der Waals surface area (Å²) in [4.78, 5) is 15.4. The van der Waals surface area contributed by atoms with Crippen LogP contribution in [0.3, 0.4) is 0 Å². The highest BCUT2D eigenvalue weighted by atomic mass is 19.4. The molecule has 0 aromatic carbocycles. The summed E-state index contributed by atoms with van der Waals surface area (Å²) >= 11 is 0. The van der Waals surface area contributed by atoms with E-state index >= 15 is 0 Å². The second-order valence-corrected chi connectivity index (χ2v) is 4.05.